The van der Waals surface area contributed by atoms with E-state index in [-0.39, 0.29) is 11.3 Å². The Hall–Kier alpha value is -2.61. The second-order valence-corrected chi connectivity index (χ2v) is 5.71. The van der Waals surface area contributed by atoms with Crippen LogP contribution in [0.2, 0.25) is 0 Å². The lowest BCUT2D eigenvalue weighted by atomic mass is 10.1. The molecule has 2 heterocycles. The summed E-state index contributed by atoms with van der Waals surface area (Å²) in [5.41, 5.74) is -0.171. The van der Waals surface area contributed by atoms with Gasteiger partial charge in [0.1, 0.15) is 5.01 Å². The number of rotatable bonds is 4. The Labute approximate surface area is 129 Å². The van der Waals surface area contributed by atoms with Crippen molar-refractivity contribution < 1.29 is 4.79 Å². The van der Waals surface area contributed by atoms with Gasteiger partial charge in [-0.05, 0) is 12.5 Å². The number of nitrogens with one attached hydrogen (secondary N) is 2. The van der Waals surface area contributed by atoms with E-state index < -0.39 is 5.91 Å². The highest BCUT2D eigenvalue weighted by atomic mass is 32.1. The van der Waals surface area contributed by atoms with E-state index in [1.54, 1.807) is 24.3 Å². The number of nitrogens with zero attached hydrogens (tertiary/aromatic N) is 3. The number of aromatic amines is 1. The molecular weight excluding hydrogens is 302 g/mol. The summed E-state index contributed by atoms with van der Waals surface area (Å²) in [5, 5.41) is 19.0. The molecule has 0 unspecified atom stereocenters. The molecule has 0 radical (unpaired) electrons. The number of H-pyrrole nitrogens is 1. The SMILES string of the molecule is CCCc1nnc(NC(=O)c2n[nH]c(=O)c3ccccc23)s1. The highest BCUT2D eigenvalue weighted by Gasteiger charge is 2.15. The predicted molar refractivity (Wildman–Crippen MR) is 84.2 cm³/mol. The normalized spacial score (nSPS) is 10.8. The lowest BCUT2D eigenvalue weighted by Gasteiger charge is -2.03. The molecule has 0 bridgehead atoms. The third-order valence-electron chi connectivity index (χ3n) is 3.06. The van der Waals surface area contributed by atoms with Crippen LogP contribution in [0.1, 0.15) is 28.8 Å². The van der Waals surface area contributed by atoms with Crippen LogP contribution >= 0.6 is 11.3 Å². The Morgan fingerprint density at radius 1 is 1.27 bits per heavy atom. The van der Waals surface area contributed by atoms with E-state index in [4.69, 9.17) is 0 Å². The number of aryl methyl sites for hydroxylation is 1. The maximum atomic E-state index is 12.3. The number of carbonyl (C=O) groups is 1. The van der Waals surface area contributed by atoms with Gasteiger partial charge >= 0.3 is 0 Å². The van der Waals surface area contributed by atoms with Gasteiger partial charge in [0.2, 0.25) is 5.13 Å². The summed E-state index contributed by atoms with van der Waals surface area (Å²) in [6, 6.07) is 6.83. The molecule has 0 atom stereocenters. The maximum Gasteiger partial charge on any atom is 0.278 e. The number of amides is 1. The summed E-state index contributed by atoms with van der Waals surface area (Å²) in [4.78, 5) is 24.1. The first-order valence-electron chi connectivity index (χ1n) is 6.80. The second-order valence-electron chi connectivity index (χ2n) is 4.65. The van der Waals surface area contributed by atoms with Gasteiger partial charge in [0.05, 0.1) is 5.39 Å². The first-order chi connectivity index (χ1) is 10.7. The maximum absolute atomic E-state index is 12.3. The topological polar surface area (TPSA) is 101 Å². The fraction of sp³-hybridized carbons (Fsp3) is 0.214. The molecule has 1 amide bonds. The molecular formula is C14H13N5O2S. The minimum Gasteiger partial charge on any atom is -0.295 e. The minimum absolute atomic E-state index is 0.155. The standard InChI is InChI=1S/C14H13N5O2S/c1-2-5-10-16-19-14(22-10)15-13(21)11-8-6-3-4-7-9(8)12(20)18-17-11/h3-4,6-7H,2,5H2,1H3,(H,18,20)(H,15,19,21). The average molecular weight is 315 g/mol. The van der Waals surface area contributed by atoms with E-state index in [2.05, 4.69) is 32.6 Å². The molecule has 2 N–H and O–H groups in total. The second kappa shape index (κ2) is 6.02. The number of benzene rings is 1. The summed E-state index contributed by atoms with van der Waals surface area (Å²) in [6.45, 7) is 2.05. The van der Waals surface area contributed by atoms with Crippen molar-refractivity contribution in [2.75, 3.05) is 5.32 Å². The van der Waals surface area contributed by atoms with Crippen LogP contribution in [0.4, 0.5) is 5.13 Å². The van der Waals surface area contributed by atoms with Gasteiger partial charge in [-0.1, -0.05) is 36.5 Å². The van der Waals surface area contributed by atoms with Crippen molar-refractivity contribution in [3.63, 3.8) is 0 Å². The van der Waals surface area contributed by atoms with E-state index in [0.29, 0.717) is 15.9 Å². The average Bonchev–Trinajstić information content (AvgIpc) is 2.95. The third-order valence-corrected chi connectivity index (χ3v) is 3.96. The highest BCUT2D eigenvalue weighted by Crippen LogP contribution is 2.19. The number of carbonyl (C=O) groups excluding carboxylic acids is 1. The third kappa shape index (κ3) is 2.73. The molecule has 0 aliphatic heterocycles. The van der Waals surface area contributed by atoms with Crippen LogP contribution in [0, 0.1) is 0 Å². The van der Waals surface area contributed by atoms with Crippen LogP contribution in [0.5, 0.6) is 0 Å². The zero-order valence-corrected chi connectivity index (χ0v) is 12.6. The van der Waals surface area contributed by atoms with E-state index in [1.165, 1.54) is 11.3 Å². The van der Waals surface area contributed by atoms with E-state index in [0.717, 1.165) is 17.8 Å². The Bertz CT molecular complexity index is 886. The molecule has 0 fully saturated rings. The smallest absolute Gasteiger partial charge is 0.278 e. The molecule has 2 aromatic heterocycles. The van der Waals surface area contributed by atoms with Crippen molar-refractivity contribution >= 4 is 33.1 Å². The summed E-state index contributed by atoms with van der Waals surface area (Å²) in [5.74, 6) is -0.424. The van der Waals surface area contributed by atoms with Crippen molar-refractivity contribution in [1.29, 1.82) is 0 Å². The predicted octanol–water partition coefficient (Wildman–Crippen LogP) is 1.98. The summed E-state index contributed by atoms with van der Waals surface area (Å²) >= 11 is 1.34. The summed E-state index contributed by atoms with van der Waals surface area (Å²) in [6.07, 6.45) is 1.79. The van der Waals surface area contributed by atoms with Crippen molar-refractivity contribution in [2.24, 2.45) is 0 Å². The van der Waals surface area contributed by atoms with Gasteiger partial charge in [-0.2, -0.15) is 5.10 Å². The number of fused-ring (bicyclic) bond motifs is 1. The zero-order valence-electron chi connectivity index (χ0n) is 11.8. The Balaban J connectivity index is 1.92. The molecule has 0 aliphatic rings. The van der Waals surface area contributed by atoms with Crippen LogP contribution in [0.25, 0.3) is 10.8 Å². The van der Waals surface area contributed by atoms with Gasteiger partial charge in [0.25, 0.3) is 11.5 Å². The largest absolute Gasteiger partial charge is 0.295 e. The van der Waals surface area contributed by atoms with Gasteiger partial charge in [-0.15, -0.1) is 10.2 Å². The number of hydrogen-bond donors (Lipinski definition) is 2. The summed E-state index contributed by atoms with van der Waals surface area (Å²) < 4.78 is 0. The molecule has 3 rings (SSSR count). The highest BCUT2D eigenvalue weighted by molar-refractivity contribution is 7.15. The van der Waals surface area contributed by atoms with Gasteiger partial charge in [-0.25, -0.2) is 5.10 Å². The van der Waals surface area contributed by atoms with E-state index >= 15 is 0 Å². The van der Waals surface area contributed by atoms with Crippen molar-refractivity contribution in [1.82, 2.24) is 20.4 Å². The first kappa shape index (κ1) is 14.3. The molecule has 0 saturated carbocycles. The first-order valence-corrected chi connectivity index (χ1v) is 7.62. The van der Waals surface area contributed by atoms with Crippen molar-refractivity contribution in [3.05, 3.63) is 45.3 Å². The lowest BCUT2D eigenvalue weighted by Crippen LogP contribution is -2.19. The van der Waals surface area contributed by atoms with Crippen LogP contribution in [0.3, 0.4) is 0 Å². The Kier molecular flexibility index (Phi) is 3.92. The Morgan fingerprint density at radius 3 is 2.82 bits per heavy atom. The Morgan fingerprint density at radius 2 is 2.05 bits per heavy atom. The number of hydrogen-bond acceptors (Lipinski definition) is 6. The van der Waals surface area contributed by atoms with Crippen molar-refractivity contribution in [2.45, 2.75) is 19.8 Å². The van der Waals surface area contributed by atoms with Crippen molar-refractivity contribution in [3.8, 4) is 0 Å². The quantitative estimate of drug-likeness (QED) is 0.766. The van der Waals surface area contributed by atoms with Crippen LogP contribution in [0.15, 0.2) is 29.1 Å². The molecule has 0 aliphatic carbocycles. The molecule has 112 valence electrons. The molecule has 8 heteroatoms. The fourth-order valence-corrected chi connectivity index (χ4v) is 2.90. The molecule has 1 aromatic carbocycles. The monoisotopic (exact) mass is 315 g/mol. The lowest BCUT2D eigenvalue weighted by molar-refractivity contribution is 0.102. The van der Waals surface area contributed by atoms with Crippen LogP contribution in [-0.4, -0.2) is 26.3 Å². The zero-order chi connectivity index (χ0) is 15.5. The minimum atomic E-state index is -0.424. The van der Waals surface area contributed by atoms with Crippen LogP contribution in [-0.2, 0) is 6.42 Å². The van der Waals surface area contributed by atoms with Gasteiger partial charge in [0, 0.05) is 11.8 Å². The molecule has 0 spiro atoms. The molecule has 7 nitrogen and oxygen atoms in total. The number of aromatic nitrogens is 4. The van der Waals surface area contributed by atoms with Gasteiger partial charge in [-0.3, -0.25) is 14.9 Å². The molecule has 22 heavy (non-hydrogen) atoms. The fourth-order valence-electron chi connectivity index (χ4n) is 2.06. The van der Waals surface area contributed by atoms with Crippen LogP contribution < -0.4 is 10.9 Å². The van der Waals surface area contributed by atoms with Gasteiger partial charge in [0.15, 0.2) is 5.69 Å². The van der Waals surface area contributed by atoms with Gasteiger partial charge < -0.3 is 0 Å². The van der Waals surface area contributed by atoms with E-state index in [9.17, 15) is 9.59 Å². The van der Waals surface area contributed by atoms with E-state index in [1.807, 2.05) is 0 Å². The molecule has 0 saturated heterocycles. The number of anilines is 1. The summed E-state index contributed by atoms with van der Waals surface area (Å²) in [7, 11) is 0. The molecule has 3 aromatic rings.